The molecule has 4 N–H and O–H groups in total. The van der Waals surface area contributed by atoms with Crippen molar-refractivity contribution < 1.29 is 4.39 Å². The second-order valence-electron chi connectivity index (χ2n) is 4.58. The second kappa shape index (κ2) is 6.18. The van der Waals surface area contributed by atoms with E-state index in [9.17, 15) is 4.39 Å². The van der Waals surface area contributed by atoms with E-state index in [1.807, 2.05) is 0 Å². The quantitative estimate of drug-likeness (QED) is 0.612. The van der Waals surface area contributed by atoms with Gasteiger partial charge < -0.3 is 16.5 Å². The van der Waals surface area contributed by atoms with Crippen LogP contribution < -0.4 is 11.1 Å². The summed E-state index contributed by atoms with van der Waals surface area (Å²) in [7, 11) is 0. The molecular formula is C14H13FN8. The van der Waals surface area contributed by atoms with E-state index in [1.54, 1.807) is 23.0 Å². The fraction of sp³-hybridized carbons (Fsp3) is 0.0714. The first-order chi connectivity index (χ1) is 11.2. The van der Waals surface area contributed by atoms with Gasteiger partial charge in [-0.1, -0.05) is 0 Å². The Balaban J connectivity index is 1.84. The molecule has 116 valence electrons. The van der Waals surface area contributed by atoms with Crippen molar-refractivity contribution in [2.24, 2.45) is 5.73 Å². The van der Waals surface area contributed by atoms with E-state index in [-0.39, 0.29) is 0 Å². The number of allylic oxidation sites excluding steroid dienone is 1. The summed E-state index contributed by atoms with van der Waals surface area (Å²) in [6, 6.07) is 3.56. The molecule has 0 aliphatic heterocycles. The number of fused-ring (bicyclic) bond motifs is 1. The lowest BCUT2D eigenvalue weighted by Crippen LogP contribution is -2.08. The Kier molecular flexibility index (Phi) is 3.91. The maximum Gasteiger partial charge on any atom is 0.167 e. The van der Waals surface area contributed by atoms with Crippen LogP contribution in [0, 0.1) is 11.2 Å². The van der Waals surface area contributed by atoms with Gasteiger partial charge in [0.1, 0.15) is 29.3 Å². The van der Waals surface area contributed by atoms with E-state index in [1.165, 1.54) is 6.08 Å². The van der Waals surface area contributed by atoms with Crippen molar-refractivity contribution in [2.45, 2.75) is 6.54 Å². The molecule has 0 saturated carbocycles. The van der Waals surface area contributed by atoms with Gasteiger partial charge in [-0.05, 0) is 18.2 Å². The number of pyridine rings is 1. The van der Waals surface area contributed by atoms with Gasteiger partial charge in [0.15, 0.2) is 11.5 Å². The highest BCUT2D eigenvalue weighted by Gasteiger charge is 2.07. The smallest absolute Gasteiger partial charge is 0.167 e. The molecule has 0 aromatic carbocycles. The van der Waals surface area contributed by atoms with Crippen LogP contribution in [0.5, 0.6) is 0 Å². The fourth-order valence-corrected chi connectivity index (χ4v) is 1.95. The van der Waals surface area contributed by atoms with Gasteiger partial charge in [-0.3, -0.25) is 4.57 Å². The maximum atomic E-state index is 12.8. The normalized spacial score (nSPS) is 11.6. The Morgan fingerprint density at radius 1 is 1.30 bits per heavy atom. The van der Waals surface area contributed by atoms with E-state index < -0.39 is 5.82 Å². The third-order valence-corrected chi connectivity index (χ3v) is 3.03. The van der Waals surface area contributed by atoms with Crippen LogP contribution in [-0.2, 0) is 6.54 Å². The van der Waals surface area contributed by atoms with Crippen LogP contribution >= 0.6 is 0 Å². The Labute approximate surface area is 130 Å². The second-order valence-corrected chi connectivity index (χ2v) is 4.58. The lowest BCUT2D eigenvalue weighted by molar-refractivity contribution is 0.609. The number of aromatic nitrogens is 5. The van der Waals surface area contributed by atoms with E-state index in [2.05, 4.69) is 25.3 Å². The summed E-state index contributed by atoms with van der Waals surface area (Å²) in [5, 5.41) is 10.1. The number of nitrogens with two attached hydrogens (primary N) is 1. The SMILES string of the molecule is N=CC=C(N)n1cnc2ccc(NCc3ncc(F)cn3)nc21. The maximum absolute atomic E-state index is 12.8. The molecule has 3 aromatic rings. The Hall–Kier alpha value is -3.36. The number of nitrogens with zero attached hydrogens (tertiary/aromatic N) is 5. The predicted molar refractivity (Wildman–Crippen MR) is 84.1 cm³/mol. The number of hydrogen-bond acceptors (Lipinski definition) is 7. The molecule has 0 spiro atoms. The minimum atomic E-state index is -0.481. The number of halogens is 1. The molecule has 3 aromatic heterocycles. The molecule has 9 heteroatoms. The third kappa shape index (κ3) is 3.12. The standard InChI is InChI=1S/C14H13FN8/c15-9-5-18-13(19-6-9)7-20-12-2-1-10-14(22-12)23(8-21-10)11(17)3-4-16/h1-6,8,16H,7,17H2,(H,20,22). The van der Waals surface area contributed by atoms with Gasteiger partial charge in [0.25, 0.3) is 0 Å². The van der Waals surface area contributed by atoms with Gasteiger partial charge in [0.05, 0.1) is 18.9 Å². The third-order valence-electron chi connectivity index (χ3n) is 3.03. The largest absolute Gasteiger partial charge is 0.385 e. The van der Waals surface area contributed by atoms with Crippen molar-refractivity contribution in [2.75, 3.05) is 5.32 Å². The van der Waals surface area contributed by atoms with Gasteiger partial charge in [0.2, 0.25) is 0 Å². The predicted octanol–water partition coefficient (Wildman–Crippen LogP) is 1.38. The molecule has 0 aliphatic carbocycles. The summed E-state index contributed by atoms with van der Waals surface area (Å²) in [5.74, 6) is 0.888. The fourth-order valence-electron chi connectivity index (χ4n) is 1.95. The Morgan fingerprint density at radius 3 is 2.83 bits per heavy atom. The zero-order chi connectivity index (χ0) is 16.2. The average molecular weight is 312 g/mol. The molecule has 0 saturated heterocycles. The van der Waals surface area contributed by atoms with Gasteiger partial charge in [-0.2, -0.15) is 0 Å². The number of anilines is 1. The summed E-state index contributed by atoms with van der Waals surface area (Å²) in [6.07, 6.45) is 6.29. The van der Waals surface area contributed by atoms with Crippen molar-refractivity contribution in [3.8, 4) is 0 Å². The lowest BCUT2D eigenvalue weighted by Gasteiger charge is -2.06. The van der Waals surface area contributed by atoms with Crippen LogP contribution in [0.3, 0.4) is 0 Å². The van der Waals surface area contributed by atoms with Crippen molar-refractivity contribution in [1.82, 2.24) is 24.5 Å². The molecule has 3 heterocycles. The first-order valence-electron chi connectivity index (χ1n) is 6.68. The molecule has 3 rings (SSSR count). The van der Waals surface area contributed by atoms with Crippen molar-refractivity contribution >= 4 is 29.0 Å². The molecule has 8 nitrogen and oxygen atoms in total. The highest BCUT2D eigenvalue weighted by Crippen LogP contribution is 2.16. The van der Waals surface area contributed by atoms with Crippen molar-refractivity contribution in [3.63, 3.8) is 0 Å². The highest BCUT2D eigenvalue weighted by molar-refractivity contribution is 5.81. The minimum absolute atomic E-state index is 0.304. The minimum Gasteiger partial charge on any atom is -0.385 e. The van der Waals surface area contributed by atoms with E-state index in [0.717, 1.165) is 18.6 Å². The van der Waals surface area contributed by atoms with Crippen LogP contribution in [-0.4, -0.2) is 30.7 Å². The van der Waals surface area contributed by atoms with Crippen LogP contribution in [0.2, 0.25) is 0 Å². The molecule has 0 atom stereocenters. The van der Waals surface area contributed by atoms with Crippen molar-refractivity contribution in [3.05, 3.63) is 48.6 Å². The summed E-state index contributed by atoms with van der Waals surface area (Å²) < 4.78 is 14.4. The summed E-state index contributed by atoms with van der Waals surface area (Å²) in [4.78, 5) is 16.4. The van der Waals surface area contributed by atoms with Gasteiger partial charge in [-0.15, -0.1) is 0 Å². The Morgan fingerprint density at radius 2 is 2.09 bits per heavy atom. The van der Waals surface area contributed by atoms with Gasteiger partial charge >= 0.3 is 0 Å². The van der Waals surface area contributed by atoms with E-state index in [0.29, 0.717) is 35.2 Å². The zero-order valence-corrected chi connectivity index (χ0v) is 11.9. The molecule has 0 fully saturated rings. The summed E-state index contributed by atoms with van der Waals surface area (Å²) >= 11 is 0. The molecule has 0 bridgehead atoms. The van der Waals surface area contributed by atoms with Gasteiger partial charge in [0, 0.05) is 6.21 Å². The van der Waals surface area contributed by atoms with Crippen LogP contribution in [0.4, 0.5) is 10.2 Å². The zero-order valence-electron chi connectivity index (χ0n) is 11.9. The lowest BCUT2D eigenvalue weighted by atomic mass is 10.4. The van der Waals surface area contributed by atoms with Crippen LogP contribution in [0.1, 0.15) is 5.82 Å². The molecule has 0 amide bonds. The van der Waals surface area contributed by atoms with E-state index in [4.69, 9.17) is 11.1 Å². The van der Waals surface area contributed by atoms with Crippen LogP contribution in [0.15, 0.2) is 36.9 Å². The van der Waals surface area contributed by atoms with Gasteiger partial charge in [-0.25, -0.2) is 24.3 Å². The topological polar surface area (TPSA) is 118 Å². The van der Waals surface area contributed by atoms with E-state index >= 15 is 0 Å². The van der Waals surface area contributed by atoms with Crippen molar-refractivity contribution in [1.29, 1.82) is 5.41 Å². The first kappa shape index (κ1) is 14.6. The molecule has 0 aliphatic rings. The molecular weight excluding hydrogens is 299 g/mol. The highest BCUT2D eigenvalue weighted by atomic mass is 19.1. The monoisotopic (exact) mass is 312 g/mol. The first-order valence-corrected chi connectivity index (χ1v) is 6.68. The number of hydrogen-bond donors (Lipinski definition) is 3. The number of rotatable bonds is 5. The Bertz CT molecular complexity index is 868. The number of nitrogens with one attached hydrogen (secondary N) is 2. The summed E-state index contributed by atoms with van der Waals surface area (Å²) in [6.45, 7) is 0.304. The molecule has 23 heavy (non-hydrogen) atoms. The van der Waals surface area contributed by atoms with Crippen LogP contribution in [0.25, 0.3) is 17.0 Å². The number of imidazole rings is 1. The average Bonchev–Trinajstić information content (AvgIpc) is 2.98. The molecule has 0 radical (unpaired) electrons. The summed E-state index contributed by atoms with van der Waals surface area (Å²) in [5.41, 5.74) is 7.10. The molecule has 0 unspecified atom stereocenters.